The summed E-state index contributed by atoms with van der Waals surface area (Å²) in [6.07, 6.45) is 1.57. The van der Waals surface area contributed by atoms with Gasteiger partial charge in [0, 0.05) is 30.8 Å². The van der Waals surface area contributed by atoms with Gasteiger partial charge in [-0.2, -0.15) is 0 Å². The zero-order valence-electron chi connectivity index (χ0n) is 15.5. The molecule has 1 atom stereocenters. The predicted molar refractivity (Wildman–Crippen MR) is 99.7 cm³/mol. The predicted octanol–water partition coefficient (Wildman–Crippen LogP) is 3.49. The van der Waals surface area contributed by atoms with E-state index in [9.17, 15) is 4.79 Å². The molecule has 9 heteroatoms. The number of hydrogen-bond donors (Lipinski definition) is 1. The average Bonchev–Trinajstić information content (AvgIpc) is 3.06. The maximum Gasteiger partial charge on any atom is 0.410 e. The molecular formula is C17H24N6O2S. The van der Waals surface area contributed by atoms with Gasteiger partial charge >= 0.3 is 6.09 Å². The van der Waals surface area contributed by atoms with Crippen LogP contribution in [0.4, 0.5) is 15.7 Å². The van der Waals surface area contributed by atoms with E-state index in [-0.39, 0.29) is 12.0 Å². The number of nitrogens with one attached hydrogen (secondary N) is 1. The first-order valence-corrected chi connectivity index (χ1v) is 9.55. The molecule has 3 rings (SSSR count). The van der Waals surface area contributed by atoms with Crippen LogP contribution in [0.5, 0.6) is 0 Å². The molecule has 1 saturated heterocycles. The molecule has 2 aromatic rings. The van der Waals surface area contributed by atoms with Gasteiger partial charge in [0.05, 0.1) is 0 Å². The minimum Gasteiger partial charge on any atom is -0.444 e. The third-order valence-electron chi connectivity index (χ3n) is 3.90. The third kappa shape index (κ3) is 4.87. The van der Waals surface area contributed by atoms with Crippen molar-refractivity contribution < 1.29 is 9.53 Å². The fraction of sp³-hybridized carbons (Fsp3) is 0.588. The van der Waals surface area contributed by atoms with Crippen molar-refractivity contribution >= 4 is 28.4 Å². The van der Waals surface area contributed by atoms with Gasteiger partial charge in [-0.25, -0.2) is 14.8 Å². The number of ether oxygens (including phenoxy) is 1. The second-order valence-electron chi connectivity index (χ2n) is 7.39. The van der Waals surface area contributed by atoms with Crippen molar-refractivity contribution in [3.8, 4) is 0 Å². The van der Waals surface area contributed by atoms with Crippen molar-refractivity contribution in [2.24, 2.45) is 0 Å². The van der Waals surface area contributed by atoms with E-state index in [0.29, 0.717) is 24.0 Å². The van der Waals surface area contributed by atoms with E-state index >= 15 is 0 Å². The van der Waals surface area contributed by atoms with E-state index in [1.807, 2.05) is 33.8 Å². The molecule has 1 unspecified atom stereocenters. The molecular weight excluding hydrogens is 352 g/mol. The monoisotopic (exact) mass is 376 g/mol. The van der Waals surface area contributed by atoms with Crippen LogP contribution < -0.4 is 5.32 Å². The molecule has 3 heterocycles. The second kappa shape index (κ2) is 7.53. The Balaban J connectivity index is 1.73. The fourth-order valence-electron chi connectivity index (χ4n) is 2.86. The Morgan fingerprint density at radius 3 is 2.88 bits per heavy atom. The Labute approximate surface area is 157 Å². The Kier molecular flexibility index (Phi) is 5.36. The van der Waals surface area contributed by atoms with Gasteiger partial charge in [-0.15, -0.1) is 10.2 Å². The molecule has 8 nitrogen and oxygen atoms in total. The van der Waals surface area contributed by atoms with Crippen LogP contribution in [-0.2, 0) is 4.74 Å². The van der Waals surface area contributed by atoms with Gasteiger partial charge in [-0.05, 0) is 40.5 Å². The molecule has 0 aromatic carbocycles. The zero-order valence-corrected chi connectivity index (χ0v) is 16.3. The van der Waals surface area contributed by atoms with Crippen LogP contribution in [0.15, 0.2) is 11.6 Å². The second-order valence-corrected chi connectivity index (χ2v) is 8.22. The van der Waals surface area contributed by atoms with Crippen molar-refractivity contribution in [1.29, 1.82) is 0 Å². The van der Waals surface area contributed by atoms with Crippen molar-refractivity contribution in [3.05, 3.63) is 23.1 Å². The summed E-state index contributed by atoms with van der Waals surface area (Å²) in [5.41, 5.74) is 2.04. The number of amides is 1. The first-order valence-electron chi connectivity index (χ1n) is 8.67. The highest BCUT2D eigenvalue weighted by molar-refractivity contribution is 7.13. The Morgan fingerprint density at radius 1 is 1.38 bits per heavy atom. The minimum atomic E-state index is -0.497. The van der Waals surface area contributed by atoms with Gasteiger partial charge in [0.2, 0.25) is 5.13 Å². The number of aryl methyl sites for hydroxylation is 1. The molecule has 1 amide bonds. The van der Waals surface area contributed by atoms with Crippen LogP contribution in [0.3, 0.4) is 0 Å². The molecule has 0 spiro atoms. The molecule has 0 radical (unpaired) electrons. The number of carbonyl (C=O) groups excluding carboxylic acids is 1. The number of piperidine rings is 1. The van der Waals surface area contributed by atoms with E-state index in [2.05, 4.69) is 25.5 Å². The summed E-state index contributed by atoms with van der Waals surface area (Å²) >= 11 is 1.41. The van der Waals surface area contributed by atoms with Crippen LogP contribution in [0.2, 0.25) is 0 Å². The molecule has 1 aliphatic rings. The lowest BCUT2D eigenvalue weighted by Crippen LogP contribution is -2.42. The molecule has 26 heavy (non-hydrogen) atoms. The van der Waals surface area contributed by atoms with E-state index < -0.39 is 5.60 Å². The van der Waals surface area contributed by atoms with E-state index in [0.717, 1.165) is 24.4 Å². The summed E-state index contributed by atoms with van der Waals surface area (Å²) in [5.74, 6) is 1.52. The third-order valence-corrected chi connectivity index (χ3v) is 4.51. The van der Waals surface area contributed by atoms with Crippen LogP contribution in [0.25, 0.3) is 0 Å². The first kappa shape index (κ1) is 18.5. The summed E-state index contributed by atoms with van der Waals surface area (Å²) in [7, 11) is 0. The maximum absolute atomic E-state index is 12.4. The maximum atomic E-state index is 12.4. The first-order chi connectivity index (χ1) is 12.3. The van der Waals surface area contributed by atoms with Gasteiger partial charge in [0.1, 0.15) is 22.8 Å². The topological polar surface area (TPSA) is 93.1 Å². The van der Waals surface area contributed by atoms with Crippen LogP contribution in [-0.4, -0.2) is 49.8 Å². The molecule has 0 bridgehead atoms. The van der Waals surface area contributed by atoms with E-state index in [1.54, 1.807) is 10.4 Å². The highest BCUT2D eigenvalue weighted by atomic mass is 32.1. The molecule has 0 aliphatic carbocycles. The van der Waals surface area contributed by atoms with Gasteiger partial charge in [-0.3, -0.25) is 0 Å². The average molecular weight is 376 g/mol. The van der Waals surface area contributed by atoms with Gasteiger partial charge in [0.25, 0.3) is 0 Å². The number of anilines is 2. The van der Waals surface area contributed by atoms with Crippen molar-refractivity contribution in [3.63, 3.8) is 0 Å². The van der Waals surface area contributed by atoms with Crippen molar-refractivity contribution in [2.45, 2.75) is 52.1 Å². The minimum absolute atomic E-state index is 0.0890. The number of likely N-dealkylation sites (tertiary alicyclic amines) is 1. The highest BCUT2D eigenvalue weighted by Crippen LogP contribution is 2.27. The van der Waals surface area contributed by atoms with Gasteiger partial charge < -0.3 is 15.0 Å². The molecule has 1 fully saturated rings. The molecule has 140 valence electrons. The van der Waals surface area contributed by atoms with Gasteiger partial charge in [-0.1, -0.05) is 11.3 Å². The lowest BCUT2D eigenvalue weighted by atomic mass is 9.97. The quantitative estimate of drug-likeness (QED) is 0.876. The number of rotatable bonds is 3. The standard InChI is InChI=1S/C17H24N6O2S/c1-11-8-13(21-15-22-18-10-26-15)20-14(19-11)12-6-5-7-23(9-12)16(24)25-17(2,3)4/h8,10,12H,5-7,9H2,1-4H3,(H,19,20,21,22). The van der Waals surface area contributed by atoms with Crippen LogP contribution >= 0.6 is 11.3 Å². The van der Waals surface area contributed by atoms with Crippen molar-refractivity contribution in [1.82, 2.24) is 25.1 Å². The largest absolute Gasteiger partial charge is 0.444 e. The number of carbonyl (C=O) groups is 1. The summed E-state index contributed by atoms with van der Waals surface area (Å²) < 4.78 is 5.50. The van der Waals surface area contributed by atoms with E-state index in [1.165, 1.54) is 11.3 Å². The lowest BCUT2D eigenvalue weighted by molar-refractivity contribution is 0.0196. The Morgan fingerprint density at radius 2 is 2.19 bits per heavy atom. The fourth-order valence-corrected chi connectivity index (χ4v) is 3.31. The molecule has 2 aromatic heterocycles. The van der Waals surface area contributed by atoms with E-state index in [4.69, 9.17) is 4.74 Å². The summed E-state index contributed by atoms with van der Waals surface area (Å²) in [6, 6.07) is 1.87. The molecule has 1 N–H and O–H groups in total. The number of nitrogens with zero attached hydrogens (tertiary/aromatic N) is 5. The molecule has 0 saturated carbocycles. The summed E-state index contributed by atoms with van der Waals surface area (Å²) in [4.78, 5) is 23.4. The van der Waals surface area contributed by atoms with Crippen LogP contribution in [0.1, 0.15) is 51.0 Å². The summed E-state index contributed by atoms with van der Waals surface area (Å²) in [5, 5.41) is 11.6. The van der Waals surface area contributed by atoms with Gasteiger partial charge in [0.15, 0.2) is 0 Å². The van der Waals surface area contributed by atoms with Crippen molar-refractivity contribution in [2.75, 3.05) is 18.4 Å². The smallest absolute Gasteiger partial charge is 0.410 e. The Bertz CT molecular complexity index is 759. The number of hydrogen-bond acceptors (Lipinski definition) is 8. The SMILES string of the molecule is Cc1cc(Nc2nncs2)nc(C2CCCN(C(=O)OC(C)(C)C)C2)n1. The van der Waals surface area contributed by atoms with Crippen LogP contribution in [0, 0.1) is 6.92 Å². The highest BCUT2D eigenvalue weighted by Gasteiger charge is 2.29. The lowest BCUT2D eigenvalue weighted by Gasteiger charge is -2.33. The summed E-state index contributed by atoms with van der Waals surface area (Å²) in [6.45, 7) is 8.83. The number of aromatic nitrogens is 4. The zero-order chi connectivity index (χ0) is 18.7. The Hall–Kier alpha value is -2.29. The normalized spacial score (nSPS) is 17.8. The molecule has 1 aliphatic heterocycles.